The van der Waals surface area contributed by atoms with E-state index in [0.29, 0.717) is 12.2 Å². The molecule has 0 spiro atoms. The number of hydrogen-bond donors (Lipinski definition) is 1. The van der Waals surface area contributed by atoms with Gasteiger partial charge in [-0.2, -0.15) is 0 Å². The molecule has 3 rings (SSSR count). The number of carbonyl (C=O) groups is 1. The summed E-state index contributed by atoms with van der Waals surface area (Å²) in [6.07, 6.45) is 1.64. The molecule has 0 radical (unpaired) electrons. The van der Waals surface area contributed by atoms with Crippen molar-refractivity contribution in [1.29, 1.82) is 0 Å². The summed E-state index contributed by atoms with van der Waals surface area (Å²) in [5.74, 6) is 0.609. The molecule has 3 aromatic rings. The molecule has 1 heterocycles. The van der Waals surface area contributed by atoms with Gasteiger partial charge in [-0.3, -0.25) is 9.78 Å². The van der Waals surface area contributed by atoms with Crippen molar-refractivity contribution in [3.63, 3.8) is 0 Å². The molecule has 5 nitrogen and oxygen atoms in total. The van der Waals surface area contributed by atoms with Gasteiger partial charge in [0.1, 0.15) is 11.4 Å². The van der Waals surface area contributed by atoms with E-state index in [1.165, 1.54) is 0 Å². The van der Waals surface area contributed by atoms with Crippen LogP contribution in [0.25, 0.3) is 0 Å². The summed E-state index contributed by atoms with van der Waals surface area (Å²) in [5, 5.41) is 3.33. The lowest BCUT2D eigenvalue weighted by atomic mass is 10.2. The van der Waals surface area contributed by atoms with E-state index in [2.05, 4.69) is 10.3 Å². The molecule has 0 aliphatic rings. The van der Waals surface area contributed by atoms with Crippen LogP contribution in [0.4, 0.5) is 17.1 Å². The van der Waals surface area contributed by atoms with E-state index < -0.39 is 0 Å². The van der Waals surface area contributed by atoms with E-state index in [1.807, 2.05) is 69.3 Å². The zero-order valence-corrected chi connectivity index (χ0v) is 16.7. The average Bonchev–Trinajstić information content (AvgIpc) is 2.69. The van der Waals surface area contributed by atoms with E-state index in [4.69, 9.17) is 4.74 Å². The highest BCUT2D eigenvalue weighted by Crippen LogP contribution is 2.29. The molecule has 1 aromatic heterocycles. The van der Waals surface area contributed by atoms with Gasteiger partial charge in [0.25, 0.3) is 5.91 Å². The minimum absolute atomic E-state index is 0.132. The lowest BCUT2D eigenvalue weighted by Crippen LogP contribution is -2.31. The number of methoxy groups -OCH3 is 1. The maximum atomic E-state index is 13.1. The van der Waals surface area contributed by atoms with Gasteiger partial charge in [-0.25, -0.2) is 0 Å². The summed E-state index contributed by atoms with van der Waals surface area (Å²) < 4.78 is 5.42. The highest BCUT2D eigenvalue weighted by molar-refractivity contribution is 6.05. The van der Waals surface area contributed by atoms with Gasteiger partial charge in [0.05, 0.1) is 12.8 Å². The number of amides is 1. The van der Waals surface area contributed by atoms with Crippen LogP contribution in [0.2, 0.25) is 0 Å². The number of nitrogens with zero attached hydrogens (tertiary/aromatic N) is 2. The van der Waals surface area contributed by atoms with Crippen molar-refractivity contribution in [2.75, 3.05) is 23.9 Å². The van der Waals surface area contributed by atoms with Gasteiger partial charge in [-0.05, 0) is 68.3 Å². The first-order valence-corrected chi connectivity index (χ1v) is 9.28. The van der Waals surface area contributed by atoms with E-state index in [0.717, 1.165) is 33.9 Å². The maximum absolute atomic E-state index is 13.1. The van der Waals surface area contributed by atoms with Crippen molar-refractivity contribution in [2.24, 2.45) is 0 Å². The molecule has 5 heteroatoms. The Labute approximate surface area is 166 Å². The Bertz CT molecular complexity index is 985. The number of hydrogen-bond acceptors (Lipinski definition) is 4. The minimum Gasteiger partial charge on any atom is -0.495 e. The normalized spacial score (nSPS) is 10.4. The topological polar surface area (TPSA) is 54.5 Å². The molecule has 0 saturated heterocycles. The Hall–Kier alpha value is -3.34. The molecule has 2 aromatic carbocycles. The second kappa shape index (κ2) is 8.57. The number of benzene rings is 2. The highest BCUT2D eigenvalue weighted by Gasteiger charge is 2.18. The van der Waals surface area contributed by atoms with Gasteiger partial charge in [-0.1, -0.05) is 18.2 Å². The number of nitrogens with one attached hydrogen (secondary N) is 1. The molecule has 0 fully saturated rings. The molecule has 1 amide bonds. The first-order chi connectivity index (χ1) is 13.5. The number of rotatable bonds is 6. The summed E-state index contributed by atoms with van der Waals surface area (Å²) in [4.78, 5) is 19.1. The zero-order valence-electron chi connectivity index (χ0n) is 16.7. The SMILES string of the molecule is CCN(C(=O)c1cc(Nc2cc(C)ccc2OC)ccn1)c1cccc(C)c1. The minimum atomic E-state index is -0.132. The van der Waals surface area contributed by atoms with Crippen LogP contribution in [0, 0.1) is 13.8 Å². The van der Waals surface area contributed by atoms with Crippen LogP contribution in [-0.2, 0) is 0 Å². The lowest BCUT2D eigenvalue weighted by Gasteiger charge is -2.21. The molecule has 0 unspecified atom stereocenters. The Morgan fingerprint density at radius 3 is 2.57 bits per heavy atom. The molecular formula is C23H25N3O2. The number of ether oxygens (including phenoxy) is 1. The largest absolute Gasteiger partial charge is 0.495 e. The van der Waals surface area contributed by atoms with Crippen LogP contribution < -0.4 is 15.0 Å². The summed E-state index contributed by atoms with van der Waals surface area (Å²) in [6, 6.07) is 17.4. The van der Waals surface area contributed by atoms with Gasteiger partial charge >= 0.3 is 0 Å². The van der Waals surface area contributed by atoms with Crippen LogP contribution in [0.15, 0.2) is 60.8 Å². The fourth-order valence-electron chi connectivity index (χ4n) is 3.08. The predicted molar refractivity (Wildman–Crippen MR) is 114 cm³/mol. The Morgan fingerprint density at radius 2 is 1.86 bits per heavy atom. The second-order valence-corrected chi connectivity index (χ2v) is 6.65. The molecule has 0 aliphatic heterocycles. The number of anilines is 3. The summed E-state index contributed by atoms with van der Waals surface area (Å²) in [6.45, 7) is 6.56. The van der Waals surface area contributed by atoms with Gasteiger partial charge in [0.2, 0.25) is 0 Å². The lowest BCUT2D eigenvalue weighted by molar-refractivity contribution is 0.0983. The summed E-state index contributed by atoms with van der Waals surface area (Å²) in [7, 11) is 1.64. The molecular weight excluding hydrogens is 350 g/mol. The molecule has 0 aliphatic carbocycles. The van der Waals surface area contributed by atoms with Crippen molar-refractivity contribution < 1.29 is 9.53 Å². The molecule has 144 valence electrons. The molecule has 28 heavy (non-hydrogen) atoms. The number of carbonyl (C=O) groups excluding carboxylic acids is 1. The first kappa shape index (κ1) is 19.4. The molecule has 0 bridgehead atoms. The first-order valence-electron chi connectivity index (χ1n) is 9.28. The molecule has 1 N–H and O–H groups in total. The standard InChI is InChI=1S/C23H25N3O2/c1-5-26(19-8-6-7-16(2)13-19)23(27)21-15-18(11-12-24-21)25-20-14-17(3)9-10-22(20)28-4/h6-15H,5H2,1-4H3,(H,24,25). The summed E-state index contributed by atoms with van der Waals surface area (Å²) >= 11 is 0. The van der Waals surface area contributed by atoms with E-state index >= 15 is 0 Å². The third kappa shape index (κ3) is 4.31. The van der Waals surface area contributed by atoms with Crippen molar-refractivity contribution in [3.8, 4) is 5.75 Å². The van der Waals surface area contributed by atoms with Crippen molar-refractivity contribution in [1.82, 2.24) is 4.98 Å². The van der Waals surface area contributed by atoms with E-state index in [9.17, 15) is 4.79 Å². The van der Waals surface area contributed by atoms with Crippen molar-refractivity contribution in [2.45, 2.75) is 20.8 Å². The quantitative estimate of drug-likeness (QED) is 0.650. The number of aromatic nitrogens is 1. The monoisotopic (exact) mass is 375 g/mol. The molecule has 0 atom stereocenters. The van der Waals surface area contributed by atoms with Gasteiger partial charge in [0.15, 0.2) is 0 Å². The van der Waals surface area contributed by atoms with E-state index in [1.54, 1.807) is 24.3 Å². The zero-order chi connectivity index (χ0) is 20.1. The Balaban J connectivity index is 1.88. The summed E-state index contributed by atoms with van der Waals surface area (Å²) in [5.41, 5.74) is 5.11. The Morgan fingerprint density at radius 1 is 1.07 bits per heavy atom. The van der Waals surface area contributed by atoms with Crippen LogP contribution in [0.5, 0.6) is 5.75 Å². The highest BCUT2D eigenvalue weighted by atomic mass is 16.5. The van der Waals surface area contributed by atoms with Crippen LogP contribution in [0.1, 0.15) is 28.5 Å². The fourth-order valence-corrected chi connectivity index (χ4v) is 3.08. The second-order valence-electron chi connectivity index (χ2n) is 6.65. The smallest absolute Gasteiger partial charge is 0.276 e. The van der Waals surface area contributed by atoms with Gasteiger partial charge in [-0.15, -0.1) is 0 Å². The van der Waals surface area contributed by atoms with E-state index in [-0.39, 0.29) is 5.91 Å². The van der Waals surface area contributed by atoms with Crippen LogP contribution in [0.3, 0.4) is 0 Å². The van der Waals surface area contributed by atoms with Crippen molar-refractivity contribution in [3.05, 3.63) is 77.6 Å². The predicted octanol–water partition coefficient (Wildman–Crippen LogP) is 5.12. The number of pyridine rings is 1. The third-order valence-corrected chi connectivity index (χ3v) is 4.49. The maximum Gasteiger partial charge on any atom is 0.276 e. The fraction of sp³-hybridized carbons (Fsp3) is 0.217. The van der Waals surface area contributed by atoms with Crippen molar-refractivity contribution >= 4 is 23.0 Å². The molecule has 0 saturated carbocycles. The van der Waals surface area contributed by atoms with Crippen LogP contribution >= 0.6 is 0 Å². The average molecular weight is 375 g/mol. The van der Waals surface area contributed by atoms with Gasteiger partial charge in [0, 0.05) is 24.1 Å². The van der Waals surface area contributed by atoms with Crippen LogP contribution in [-0.4, -0.2) is 24.5 Å². The van der Waals surface area contributed by atoms with Gasteiger partial charge < -0.3 is 15.0 Å². The Kier molecular flexibility index (Phi) is 5.94. The third-order valence-electron chi connectivity index (χ3n) is 4.49. The number of aryl methyl sites for hydroxylation is 2.